The van der Waals surface area contributed by atoms with E-state index in [9.17, 15) is 13.2 Å². The van der Waals surface area contributed by atoms with Gasteiger partial charge in [0.25, 0.3) is 0 Å². The molecule has 0 unspecified atom stereocenters. The van der Waals surface area contributed by atoms with Crippen molar-refractivity contribution in [3.05, 3.63) is 12.2 Å². The van der Waals surface area contributed by atoms with Crippen molar-refractivity contribution in [1.82, 2.24) is 4.90 Å². The van der Waals surface area contributed by atoms with Gasteiger partial charge in [-0.2, -0.15) is 0 Å². The van der Waals surface area contributed by atoms with Crippen LogP contribution < -0.4 is 0 Å². The number of amides is 1. The number of carbonyl (C=O) groups is 1. The van der Waals surface area contributed by atoms with Crippen molar-refractivity contribution in [1.29, 1.82) is 0 Å². The molecule has 0 bridgehead atoms. The Morgan fingerprint density at radius 2 is 2.25 bits per heavy atom. The third-order valence-corrected chi connectivity index (χ3v) is 2.55. The average Bonchev–Trinajstić information content (AvgIpc) is 2.29. The van der Waals surface area contributed by atoms with E-state index in [-0.39, 0.29) is 11.7 Å². The van der Waals surface area contributed by atoms with E-state index in [2.05, 4.69) is 0 Å². The summed E-state index contributed by atoms with van der Waals surface area (Å²) >= 11 is 0. The lowest BCUT2D eigenvalue weighted by atomic mass is 10.5. The summed E-state index contributed by atoms with van der Waals surface area (Å²) in [6, 6.07) is 0. The molecule has 0 aromatic rings. The second-order valence-electron chi connectivity index (χ2n) is 2.82. The van der Waals surface area contributed by atoms with Crippen molar-refractivity contribution in [3.63, 3.8) is 0 Å². The van der Waals surface area contributed by atoms with Crippen molar-refractivity contribution in [3.8, 4) is 0 Å². The predicted octanol–water partition coefficient (Wildman–Crippen LogP) is -0.571. The van der Waals surface area contributed by atoms with E-state index in [0.717, 1.165) is 0 Å². The Bertz CT molecular complexity index is 305. The molecular formula is C7H11NO3S. The molecule has 0 spiro atoms. The van der Waals surface area contributed by atoms with Gasteiger partial charge in [-0.3, -0.25) is 4.79 Å². The molecule has 1 amide bonds. The number of hydrogen-bond acceptors (Lipinski definition) is 3. The highest BCUT2D eigenvalue weighted by molar-refractivity contribution is 7.90. The van der Waals surface area contributed by atoms with E-state index in [0.29, 0.717) is 13.1 Å². The first kappa shape index (κ1) is 9.25. The predicted molar refractivity (Wildman–Crippen MR) is 45.4 cm³/mol. The van der Waals surface area contributed by atoms with Crippen molar-refractivity contribution in [2.75, 3.05) is 25.1 Å². The topological polar surface area (TPSA) is 54.5 Å². The summed E-state index contributed by atoms with van der Waals surface area (Å²) in [6.45, 7) is 0.832. The van der Waals surface area contributed by atoms with Gasteiger partial charge in [0.1, 0.15) is 9.84 Å². The largest absolute Gasteiger partial charge is 0.334 e. The van der Waals surface area contributed by atoms with Gasteiger partial charge in [0.2, 0.25) is 5.91 Å². The van der Waals surface area contributed by atoms with Crippen LogP contribution in [-0.4, -0.2) is 44.3 Å². The van der Waals surface area contributed by atoms with Crippen LogP contribution in [-0.2, 0) is 14.6 Å². The van der Waals surface area contributed by atoms with Gasteiger partial charge in [0.15, 0.2) is 0 Å². The summed E-state index contributed by atoms with van der Waals surface area (Å²) in [5, 5.41) is 0. The Morgan fingerprint density at radius 3 is 2.67 bits per heavy atom. The van der Waals surface area contributed by atoms with E-state index in [1.165, 1.54) is 17.2 Å². The van der Waals surface area contributed by atoms with Crippen LogP contribution in [0.15, 0.2) is 12.2 Å². The van der Waals surface area contributed by atoms with Crippen LogP contribution in [0.25, 0.3) is 0 Å². The van der Waals surface area contributed by atoms with Crippen LogP contribution in [0, 0.1) is 0 Å². The number of rotatable bonds is 3. The van der Waals surface area contributed by atoms with E-state index in [4.69, 9.17) is 0 Å². The van der Waals surface area contributed by atoms with E-state index < -0.39 is 9.84 Å². The first-order chi connectivity index (χ1) is 5.49. The van der Waals surface area contributed by atoms with Gasteiger partial charge >= 0.3 is 0 Å². The first-order valence-corrected chi connectivity index (χ1v) is 5.68. The van der Waals surface area contributed by atoms with Gasteiger partial charge in [-0.15, -0.1) is 0 Å². The summed E-state index contributed by atoms with van der Waals surface area (Å²) in [5.41, 5.74) is 0. The summed E-state index contributed by atoms with van der Waals surface area (Å²) < 4.78 is 21.5. The standard InChI is InChI=1S/C7H11NO3S/c1-12(10,11)6-5-8-4-2-3-7(8)9/h2-3H,4-6H2,1H3. The zero-order valence-electron chi connectivity index (χ0n) is 6.86. The van der Waals surface area contributed by atoms with E-state index in [1.807, 2.05) is 0 Å². The van der Waals surface area contributed by atoms with Gasteiger partial charge in [0, 0.05) is 25.4 Å². The zero-order valence-corrected chi connectivity index (χ0v) is 7.67. The highest BCUT2D eigenvalue weighted by atomic mass is 32.2. The molecule has 1 rings (SSSR count). The van der Waals surface area contributed by atoms with Crippen LogP contribution in [0.1, 0.15) is 0 Å². The minimum Gasteiger partial charge on any atom is -0.334 e. The normalized spacial score (nSPS) is 17.4. The Kier molecular flexibility index (Phi) is 2.52. The minimum atomic E-state index is -2.96. The Balaban J connectivity index is 2.40. The van der Waals surface area contributed by atoms with Crippen molar-refractivity contribution >= 4 is 15.7 Å². The Morgan fingerprint density at radius 1 is 1.58 bits per heavy atom. The molecule has 12 heavy (non-hydrogen) atoms. The smallest absolute Gasteiger partial charge is 0.246 e. The molecule has 0 atom stereocenters. The van der Waals surface area contributed by atoms with Crippen LogP contribution in [0.4, 0.5) is 0 Å². The molecule has 68 valence electrons. The van der Waals surface area contributed by atoms with Crippen LogP contribution in [0.3, 0.4) is 0 Å². The quantitative estimate of drug-likeness (QED) is 0.597. The molecule has 1 heterocycles. The fraction of sp³-hybridized carbons (Fsp3) is 0.571. The molecule has 0 aromatic carbocycles. The molecule has 5 heteroatoms. The van der Waals surface area contributed by atoms with Gasteiger partial charge in [-0.05, 0) is 0 Å². The number of carbonyl (C=O) groups excluding carboxylic acids is 1. The zero-order chi connectivity index (χ0) is 9.19. The van der Waals surface area contributed by atoms with Gasteiger partial charge in [-0.1, -0.05) is 6.08 Å². The van der Waals surface area contributed by atoms with Gasteiger partial charge < -0.3 is 4.90 Å². The van der Waals surface area contributed by atoms with Crippen molar-refractivity contribution in [2.45, 2.75) is 0 Å². The lowest BCUT2D eigenvalue weighted by molar-refractivity contribution is -0.124. The van der Waals surface area contributed by atoms with E-state index >= 15 is 0 Å². The summed E-state index contributed by atoms with van der Waals surface area (Å²) in [7, 11) is -2.96. The maximum absolute atomic E-state index is 10.9. The minimum absolute atomic E-state index is 0.0421. The number of hydrogen-bond donors (Lipinski definition) is 0. The molecule has 0 fully saturated rings. The SMILES string of the molecule is CS(=O)(=O)CCN1CC=CC1=O. The van der Waals surface area contributed by atoms with Crippen LogP contribution in [0.2, 0.25) is 0 Å². The van der Waals surface area contributed by atoms with E-state index in [1.54, 1.807) is 6.08 Å². The summed E-state index contributed by atoms with van der Waals surface area (Å²) in [4.78, 5) is 12.4. The maximum Gasteiger partial charge on any atom is 0.246 e. The van der Waals surface area contributed by atoms with Crippen molar-refractivity contribution in [2.24, 2.45) is 0 Å². The molecule has 0 radical (unpaired) electrons. The molecule has 0 saturated heterocycles. The molecule has 0 saturated carbocycles. The number of nitrogens with zero attached hydrogens (tertiary/aromatic N) is 1. The second kappa shape index (κ2) is 3.26. The second-order valence-corrected chi connectivity index (χ2v) is 5.08. The fourth-order valence-electron chi connectivity index (χ4n) is 0.954. The van der Waals surface area contributed by atoms with Crippen molar-refractivity contribution < 1.29 is 13.2 Å². The highest BCUT2D eigenvalue weighted by Gasteiger charge is 2.15. The maximum atomic E-state index is 10.9. The average molecular weight is 189 g/mol. The lowest BCUT2D eigenvalue weighted by Crippen LogP contribution is -2.30. The third kappa shape index (κ3) is 2.65. The molecule has 1 aliphatic rings. The first-order valence-electron chi connectivity index (χ1n) is 3.62. The summed E-state index contributed by atoms with van der Waals surface area (Å²) in [6.07, 6.45) is 4.36. The highest BCUT2D eigenvalue weighted by Crippen LogP contribution is 2.00. The lowest BCUT2D eigenvalue weighted by Gasteiger charge is -2.13. The molecule has 1 aliphatic heterocycles. The summed E-state index contributed by atoms with van der Waals surface area (Å²) in [5.74, 6) is -0.0564. The van der Waals surface area contributed by atoms with Crippen LogP contribution >= 0.6 is 0 Å². The number of sulfone groups is 1. The fourth-order valence-corrected chi connectivity index (χ4v) is 1.51. The van der Waals surface area contributed by atoms with Gasteiger partial charge in [-0.25, -0.2) is 8.42 Å². The third-order valence-electron chi connectivity index (χ3n) is 1.63. The molecule has 0 aromatic heterocycles. The van der Waals surface area contributed by atoms with Gasteiger partial charge in [0.05, 0.1) is 5.75 Å². The molecular weight excluding hydrogens is 178 g/mol. The molecule has 4 nitrogen and oxygen atoms in total. The molecule has 0 N–H and O–H groups in total. The Hall–Kier alpha value is -0.840. The monoisotopic (exact) mass is 189 g/mol. The molecule has 0 aliphatic carbocycles. The Labute approximate surface area is 71.8 Å². The van der Waals surface area contributed by atoms with Crippen LogP contribution in [0.5, 0.6) is 0 Å².